The molecule has 0 fully saturated rings. The van der Waals surface area contributed by atoms with Crippen LogP contribution < -0.4 is 13.3 Å². The van der Waals surface area contributed by atoms with Crippen LogP contribution in [0.1, 0.15) is 5.56 Å². The van der Waals surface area contributed by atoms with Crippen molar-refractivity contribution in [2.24, 2.45) is 0 Å². The van der Waals surface area contributed by atoms with Gasteiger partial charge in [0.2, 0.25) is 10.0 Å². The second-order valence-electron chi connectivity index (χ2n) is 5.71. The molecule has 0 bridgehead atoms. The molecular weight excluding hydrogens is 395 g/mol. The topological polar surface area (TPSA) is 111 Å². The molecule has 142 valence electrons. The largest absolute Gasteiger partial charge is 0.326 e. The minimum atomic E-state index is -3.90. The van der Waals surface area contributed by atoms with Gasteiger partial charge in [0, 0.05) is 26.2 Å². The molecule has 0 radical (unpaired) electrons. The summed E-state index contributed by atoms with van der Waals surface area (Å²) >= 11 is 0. The number of sulfonamides is 1. The summed E-state index contributed by atoms with van der Waals surface area (Å²) in [6.45, 7) is -0.427. The monoisotopic (exact) mass is 410 g/mol. The highest BCUT2D eigenvalue weighted by Crippen LogP contribution is 2.39. The first-order valence-electron chi connectivity index (χ1n) is 7.73. The van der Waals surface area contributed by atoms with Crippen LogP contribution in [0.15, 0.2) is 47.4 Å². The number of benzene rings is 2. The number of nitriles is 1. The molecule has 3 rings (SSSR count). The average molecular weight is 410 g/mol. The lowest BCUT2D eigenvalue weighted by Crippen LogP contribution is -2.40. The minimum absolute atomic E-state index is 0.0469. The number of anilines is 2. The van der Waals surface area contributed by atoms with Crippen molar-refractivity contribution < 1.29 is 21.2 Å². The number of fused-ring (bicyclic) bond motifs is 1. The molecule has 0 saturated carbocycles. The first-order valence-corrected chi connectivity index (χ1v) is 10.6. The van der Waals surface area contributed by atoms with E-state index in [1.54, 1.807) is 0 Å². The number of hydrogen-bond donors (Lipinski definition) is 1. The van der Waals surface area contributed by atoms with Gasteiger partial charge in [0.1, 0.15) is 5.82 Å². The Morgan fingerprint density at radius 2 is 1.81 bits per heavy atom. The Kier molecular flexibility index (Phi) is 4.81. The summed E-state index contributed by atoms with van der Waals surface area (Å²) in [4.78, 5) is -0.0469. The van der Waals surface area contributed by atoms with Gasteiger partial charge < -0.3 is 0 Å². The smallest absolute Gasteiger partial charge is 0.254 e. The number of hydrogen-bond acceptors (Lipinski definition) is 5. The molecule has 0 saturated heterocycles. The standard InChI is InChI=1S/C16H15FN4O4S2/c1-20-15-7-4-13(17)10-16(15)21(27(20,24)25)9-8-19-26(22,23)14-5-2-12(11-18)3-6-14/h2-7,10,19H,8-9H2,1H3. The van der Waals surface area contributed by atoms with E-state index in [9.17, 15) is 21.2 Å². The van der Waals surface area contributed by atoms with Gasteiger partial charge >= 0.3 is 10.2 Å². The van der Waals surface area contributed by atoms with Gasteiger partial charge in [0.05, 0.1) is 27.9 Å². The number of nitrogens with zero attached hydrogens (tertiary/aromatic N) is 3. The molecule has 27 heavy (non-hydrogen) atoms. The van der Waals surface area contributed by atoms with Crippen molar-refractivity contribution in [1.29, 1.82) is 5.26 Å². The molecule has 0 aromatic heterocycles. The van der Waals surface area contributed by atoms with E-state index in [0.717, 1.165) is 20.7 Å². The molecule has 11 heteroatoms. The van der Waals surface area contributed by atoms with Crippen LogP contribution in [0.2, 0.25) is 0 Å². The van der Waals surface area contributed by atoms with Gasteiger partial charge in [0.15, 0.2) is 0 Å². The van der Waals surface area contributed by atoms with Gasteiger partial charge in [-0.25, -0.2) is 21.8 Å². The lowest BCUT2D eigenvalue weighted by Gasteiger charge is -2.19. The highest BCUT2D eigenvalue weighted by Gasteiger charge is 2.38. The van der Waals surface area contributed by atoms with Gasteiger partial charge in [-0.1, -0.05) is 0 Å². The first kappa shape index (κ1) is 19.1. The van der Waals surface area contributed by atoms with Gasteiger partial charge in [-0.15, -0.1) is 0 Å². The Balaban J connectivity index is 1.77. The normalized spacial score (nSPS) is 15.4. The lowest BCUT2D eigenvalue weighted by molar-refractivity contribution is 0.577. The molecule has 0 spiro atoms. The fourth-order valence-corrected chi connectivity index (χ4v) is 5.10. The maximum Gasteiger partial charge on any atom is 0.326 e. The van der Waals surface area contributed by atoms with Crippen molar-refractivity contribution in [3.8, 4) is 6.07 Å². The van der Waals surface area contributed by atoms with Crippen molar-refractivity contribution in [3.63, 3.8) is 0 Å². The average Bonchev–Trinajstić information content (AvgIpc) is 2.82. The third-order valence-corrected chi connectivity index (χ3v) is 7.37. The molecule has 1 aliphatic heterocycles. The molecular formula is C16H15FN4O4S2. The van der Waals surface area contributed by atoms with E-state index in [-0.39, 0.29) is 23.7 Å². The minimum Gasteiger partial charge on any atom is -0.254 e. The van der Waals surface area contributed by atoms with Crippen molar-refractivity contribution in [1.82, 2.24) is 4.72 Å². The molecule has 1 aliphatic rings. The molecule has 0 unspecified atom stereocenters. The number of rotatable bonds is 5. The van der Waals surface area contributed by atoms with Crippen LogP contribution in [-0.4, -0.2) is 37.0 Å². The van der Waals surface area contributed by atoms with E-state index in [4.69, 9.17) is 5.26 Å². The van der Waals surface area contributed by atoms with E-state index in [1.165, 1.54) is 37.4 Å². The predicted octanol–water partition coefficient (Wildman–Crippen LogP) is 1.18. The summed E-state index contributed by atoms with van der Waals surface area (Å²) in [5, 5.41) is 8.76. The number of nitrogens with one attached hydrogen (secondary N) is 1. The Bertz CT molecular complexity index is 1130. The van der Waals surface area contributed by atoms with E-state index in [0.29, 0.717) is 11.3 Å². The van der Waals surface area contributed by atoms with Crippen LogP contribution in [-0.2, 0) is 20.2 Å². The zero-order valence-electron chi connectivity index (χ0n) is 14.1. The molecule has 1 heterocycles. The van der Waals surface area contributed by atoms with Crippen molar-refractivity contribution in [2.45, 2.75) is 4.90 Å². The summed E-state index contributed by atoms with van der Waals surface area (Å²) in [5.74, 6) is -0.595. The van der Waals surface area contributed by atoms with Crippen LogP contribution in [0.25, 0.3) is 0 Å². The molecule has 0 aliphatic carbocycles. The van der Waals surface area contributed by atoms with E-state index in [2.05, 4.69) is 4.72 Å². The van der Waals surface area contributed by atoms with E-state index >= 15 is 0 Å². The summed E-state index contributed by atoms with van der Waals surface area (Å²) in [6, 6.07) is 10.8. The maximum absolute atomic E-state index is 13.5. The van der Waals surface area contributed by atoms with Crippen LogP contribution in [0.3, 0.4) is 0 Å². The van der Waals surface area contributed by atoms with Crippen molar-refractivity contribution in [2.75, 3.05) is 28.7 Å². The Morgan fingerprint density at radius 1 is 1.15 bits per heavy atom. The van der Waals surface area contributed by atoms with Crippen LogP contribution in [0.4, 0.5) is 15.8 Å². The van der Waals surface area contributed by atoms with Crippen molar-refractivity contribution >= 4 is 31.6 Å². The van der Waals surface area contributed by atoms with Crippen LogP contribution in [0, 0.1) is 17.1 Å². The number of halogens is 1. The van der Waals surface area contributed by atoms with Gasteiger partial charge in [-0.2, -0.15) is 13.7 Å². The third-order valence-electron chi connectivity index (χ3n) is 4.07. The second kappa shape index (κ2) is 6.80. The quantitative estimate of drug-likeness (QED) is 0.796. The van der Waals surface area contributed by atoms with Gasteiger partial charge in [-0.3, -0.25) is 4.31 Å². The zero-order valence-corrected chi connectivity index (χ0v) is 15.8. The Hall–Kier alpha value is -2.68. The SMILES string of the molecule is CN1c2ccc(F)cc2N(CCNS(=O)(=O)c2ccc(C#N)cc2)S1(=O)=O. The Labute approximate surface area is 156 Å². The molecule has 2 aromatic rings. The van der Waals surface area contributed by atoms with Crippen LogP contribution >= 0.6 is 0 Å². The van der Waals surface area contributed by atoms with Crippen LogP contribution in [0.5, 0.6) is 0 Å². The predicted molar refractivity (Wildman–Crippen MR) is 97.4 cm³/mol. The summed E-state index contributed by atoms with van der Waals surface area (Å²) in [6.07, 6.45) is 0. The lowest BCUT2D eigenvalue weighted by atomic mass is 10.2. The summed E-state index contributed by atoms with van der Waals surface area (Å²) < 4.78 is 67.4. The Morgan fingerprint density at radius 3 is 2.44 bits per heavy atom. The zero-order chi connectivity index (χ0) is 19.8. The summed E-state index contributed by atoms with van der Waals surface area (Å²) in [5.41, 5.74) is 0.778. The third kappa shape index (κ3) is 3.46. The summed E-state index contributed by atoms with van der Waals surface area (Å²) in [7, 11) is -6.45. The molecule has 8 nitrogen and oxygen atoms in total. The fraction of sp³-hybridized carbons (Fsp3) is 0.188. The highest BCUT2D eigenvalue weighted by molar-refractivity contribution is 7.94. The maximum atomic E-state index is 13.5. The molecule has 0 amide bonds. The molecule has 0 atom stereocenters. The molecule has 1 N–H and O–H groups in total. The van der Waals surface area contributed by atoms with Gasteiger partial charge in [0.25, 0.3) is 0 Å². The first-order chi connectivity index (χ1) is 12.7. The molecule has 2 aromatic carbocycles. The van der Waals surface area contributed by atoms with E-state index < -0.39 is 26.0 Å². The second-order valence-corrected chi connectivity index (χ2v) is 9.37. The highest BCUT2D eigenvalue weighted by atomic mass is 32.2. The van der Waals surface area contributed by atoms with Crippen molar-refractivity contribution in [3.05, 3.63) is 53.8 Å². The van der Waals surface area contributed by atoms with Gasteiger partial charge in [-0.05, 0) is 36.4 Å². The fourth-order valence-electron chi connectivity index (χ4n) is 2.67. The van der Waals surface area contributed by atoms with E-state index in [1.807, 2.05) is 6.07 Å².